The number of rotatable bonds is 2. The van der Waals surface area contributed by atoms with Gasteiger partial charge in [0.05, 0.1) is 19.8 Å². The van der Waals surface area contributed by atoms with E-state index in [1.54, 1.807) is 7.11 Å². The molecule has 1 aromatic rings. The molecule has 1 unspecified atom stereocenters. The number of fused-ring (bicyclic) bond motifs is 1. The Kier molecular flexibility index (Phi) is 3.75. The number of ether oxygens (including phenoxy) is 2. The third kappa shape index (κ3) is 1.85. The topological polar surface area (TPSA) is 44.5 Å². The van der Waals surface area contributed by atoms with Crippen molar-refractivity contribution in [3.05, 3.63) is 29.3 Å². The van der Waals surface area contributed by atoms with E-state index < -0.39 is 0 Å². The molecular weight excluding hydrogens is 202 g/mol. The molecule has 2 rings (SSSR count). The van der Waals surface area contributed by atoms with E-state index in [1.807, 2.05) is 18.2 Å². The van der Waals surface area contributed by atoms with E-state index in [2.05, 4.69) is 0 Å². The van der Waals surface area contributed by atoms with Crippen molar-refractivity contribution in [1.82, 2.24) is 0 Å². The quantitative estimate of drug-likeness (QED) is 0.816. The van der Waals surface area contributed by atoms with Gasteiger partial charge in [-0.25, -0.2) is 0 Å². The normalized spacial score (nSPS) is 18.6. The van der Waals surface area contributed by atoms with Crippen molar-refractivity contribution in [2.75, 3.05) is 13.7 Å². The lowest BCUT2D eigenvalue weighted by molar-refractivity contribution is 0.0723. The van der Waals surface area contributed by atoms with E-state index in [0.29, 0.717) is 13.2 Å². The first-order valence-electron chi connectivity index (χ1n) is 4.33. The maximum atomic E-state index is 5.56. The average molecular weight is 216 g/mol. The Morgan fingerprint density at radius 3 is 3.00 bits per heavy atom. The monoisotopic (exact) mass is 215 g/mol. The third-order valence-corrected chi connectivity index (χ3v) is 2.35. The predicted octanol–water partition coefficient (Wildman–Crippen LogP) is 1.65. The van der Waals surface area contributed by atoms with Crippen LogP contribution in [0.15, 0.2) is 18.2 Å². The summed E-state index contributed by atoms with van der Waals surface area (Å²) >= 11 is 0. The maximum absolute atomic E-state index is 5.56. The largest absolute Gasteiger partial charge is 0.497 e. The highest BCUT2D eigenvalue weighted by Gasteiger charge is 2.21. The SMILES string of the molecule is COc1ccc2c(c1)COC2CN.Cl. The first-order valence-corrected chi connectivity index (χ1v) is 4.33. The van der Waals surface area contributed by atoms with Gasteiger partial charge in [0.2, 0.25) is 0 Å². The third-order valence-electron chi connectivity index (χ3n) is 2.35. The Bertz CT molecular complexity index is 317. The molecule has 0 fully saturated rings. The van der Waals surface area contributed by atoms with Crippen molar-refractivity contribution >= 4 is 12.4 Å². The van der Waals surface area contributed by atoms with Crippen LogP contribution in [0.1, 0.15) is 17.2 Å². The van der Waals surface area contributed by atoms with Crippen LogP contribution < -0.4 is 10.5 Å². The molecule has 1 heterocycles. The average Bonchev–Trinajstić information content (AvgIpc) is 2.59. The molecule has 0 amide bonds. The molecule has 2 N–H and O–H groups in total. The van der Waals surface area contributed by atoms with Gasteiger partial charge in [0.1, 0.15) is 5.75 Å². The fourth-order valence-corrected chi connectivity index (χ4v) is 1.62. The van der Waals surface area contributed by atoms with Gasteiger partial charge < -0.3 is 15.2 Å². The summed E-state index contributed by atoms with van der Waals surface area (Å²) in [6, 6.07) is 5.97. The van der Waals surface area contributed by atoms with Crippen LogP contribution in [0.3, 0.4) is 0 Å². The lowest BCUT2D eigenvalue weighted by Crippen LogP contribution is -2.10. The van der Waals surface area contributed by atoms with Gasteiger partial charge >= 0.3 is 0 Å². The van der Waals surface area contributed by atoms with Gasteiger partial charge in [-0.05, 0) is 23.3 Å². The molecule has 4 heteroatoms. The van der Waals surface area contributed by atoms with Crippen molar-refractivity contribution in [1.29, 1.82) is 0 Å². The van der Waals surface area contributed by atoms with Crippen LogP contribution in [0.4, 0.5) is 0 Å². The summed E-state index contributed by atoms with van der Waals surface area (Å²) in [6.07, 6.45) is 0.0703. The van der Waals surface area contributed by atoms with Gasteiger partial charge in [-0.15, -0.1) is 12.4 Å². The van der Waals surface area contributed by atoms with E-state index >= 15 is 0 Å². The summed E-state index contributed by atoms with van der Waals surface area (Å²) in [4.78, 5) is 0. The molecular formula is C10H14ClNO2. The van der Waals surface area contributed by atoms with Crippen LogP contribution in [0, 0.1) is 0 Å². The molecule has 0 radical (unpaired) electrons. The lowest BCUT2D eigenvalue weighted by Gasteiger charge is -2.07. The summed E-state index contributed by atoms with van der Waals surface area (Å²) in [6.45, 7) is 1.19. The van der Waals surface area contributed by atoms with E-state index in [4.69, 9.17) is 15.2 Å². The molecule has 1 aromatic carbocycles. The van der Waals surface area contributed by atoms with E-state index in [9.17, 15) is 0 Å². The number of hydrogen-bond donors (Lipinski definition) is 1. The zero-order valence-electron chi connectivity index (χ0n) is 8.03. The van der Waals surface area contributed by atoms with Crippen LogP contribution in [0.25, 0.3) is 0 Å². The van der Waals surface area contributed by atoms with Crippen LogP contribution in [-0.4, -0.2) is 13.7 Å². The molecule has 3 nitrogen and oxygen atoms in total. The molecule has 0 spiro atoms. The van der Waals surface area contributed by atoms with Gasteiger partial charge in [-0.1, -0.05) is 6.07 Å². The summed E-state index contributed by atoms with van der Waals surface area (Å²) in [5.74, 6) is 0.875. The molecule has 14 heavy (non-hydrogen) atoms. The molecule has 1 aliphatic rings. The maximum Gasteiger partial charge on any atom is 0.119 e. The molecule has 0 saturated carbocycles. The zero-order chi connectivity index (χ0) is 9.26. The molecule has 1 atom stereocenters. The summed E-state index contributed by atoms with van der Waals surface area (Å²) in [5, 5.41) is 0. The highest BCUT2D eigenvalue weighted by molar-refractivity contribution is 5.85. The van der Waals surface area contributed by atoms with Crippen molar-refractivity contribution < 1.29 is 9.47 Å². The van der Waals surface area contributed by atoms with Crippen molar-refractivity contribution in [3.8, 4) is 5.75 Å². The second-order valence-electron chi connectivity index (χ2n) is 3.10. The molecule has 0 bridgehead atoms. The first kappa shape index (κ1) is 11.3. The fourth-order valence-electron chi connectivity index (χ4n) is 1.62. The van der Waals surface area contributed by atoms with E-state index in [0.717, 1.165) is 5.75 Å². The minimum atomic E-state index is 0. The van der Waals surface area contributed by atoms with Crippen LogP contribution in [-0.2, 0) is 11.3 Å². The van der Waals surface area contributed by atoms with Crippen LogP contribution >= 0.6 is 12.4 Å². The zero-order valence-corrected chi connectivity index (χ0v) is 8.84. The van der Waals surface area contributed by atoms with E-state index in [1.165, 1.54) is 11.1 Å². The summed E-state index contributed by atoms with van der Waals surface area (Å²) in [7, 11) is 1.66. The lowest BCUT2D eigenvalue weighted by atomic mass is 10.1. The minimum absolute atomic E-state index is 0. The number of benzene rings is 1. The highest BCUT2D eigenvalue weighted by atomic mass is 35.5. The van der Waals surface area contributed by atoms with Crippen LogP contribution in [0.5, 0.6) is 5.75 Å². The molecule has 1 aliphatic heterocycles. The second-order valence-corrected chi connectivity index (χ2v) is 3.10. The molecule has 0 saturated heterocycles. The fraction of sp³-hybridized carbons (Fsp3) is 0.400. The molecule has 0 aliphatic carbocycles. The summed E-state index contributed by atoms with van der Waals surface area (Å²) < 4.78 is 10.6. The number of nitrogens with two attached hydrogens (primary N) is 1. The summed E-state index contributed by atoms with van der Waals surface area (Å²) in [5.41, 5.74) is 7.95. The van der Waals surface area contributed by atoms with Crippen molar-refractivity contribution in [2.45, 2.75) is 12.7 Å². The Balaban J connectivity index is 0.000000980. The molecule has 78 valence electrons. The van der Waals surface area contributed by atoms with Gasteiger partial charge in [0, 0.05) is 6.54 Å². The number of halogens is 1. The number of methoxy groups -OCH3 is 1. The van der Waals surface area contributed by atoms with Gasteiger partial charge in [-0.2, -0.15) is 0 Å². The Labute approximate surface area is 89.6 Å². The minimum Gasteiger partial charge on any atom is -0.497 e. The Morgan fingerprint density at radius 2 is 2.36 bits per heavy atom. The first-order chi connectivity index (χ1) is 6.35. The van der Waals surface area contributed by atoms with Gasteiger partial charge in [0.15, 0.2) is 0 Å². The van der Waals surface area contributed by atoms with Crippen LogP contribution in [0.2, 0.25) is 0 Å². The van der Waals surface area contributed by atoms with E-state index in [-0.39, 0.29) is 18.5 Å². The standard InChI is InChI=1S/C10H13NO2.ClH/c1-12-8-2-3-9-7(4-8)6-13-10(9)5-11;/h2-4,10H,5-6,11H2,1H3;1H. The van der Waals surface area contributed by atoms with Crippen molar-refractivity contribution in [2.24, 2.45) is 5.73 Å². The van der Waals surface area contributed by atoms with Gasteiger partial charge in [0.25, 0.3) is 0 Å². The predicted molar refractivity (Wildman–Crippen MR) is 56.8 cm³/mol. The Hall–Kier alpha value is -0.770. The Morgan fingerprint density at radius 1 is 1.57 bits per heavy atom. The highest BCUT2D eigenvalue weighted by Crippen LogP contribution is 2.31. The van der Waals surface area contributed by atoms with Gasteiger partial charge in [-0.3, -0.25) is 0 Å². The second kappa shape index (κ2) is 4.64. The number of hydrogen-bond acceptors (Lipinski definition) is 3. The smallest absolute Gasteiger partial charge is 0.119 e. The molecule has 0 aromatic heterocycles. The van der Waals surface area contributed by atoms with Crippen molar-refractivity contribution in [3.63, 3.8) is 0 Å².